The van der Waals surface area contributed by atoms with Crippen molar-refractivity contribution in [2.24, 2.45) is 0 Å². The second-order valence-corrected chi connectivity index (χ2v) is 4.44. The molecule has 17 heavy (non-hydrogen) atoms. The summed E-state index contributed by atoms with van der Waals surface area (Å²) >= 11 is 0. The predicted octanol–water partition coefficient (Wildman–Crippen LogP) is 1.41. The Morgan fingerprint density at radius 3 is 2.76 bits per heavy atom. The molecule has 1 fully saturated rings. The van der Waals surface area contributed by atoms with Gasteiger partial charge in [-0.3, -0.25) is 4.79 Å². The van der Waals surface area contributed by atoms with E-state index in [0.717, 1.165) is 18.4 Å². The minimum Gasteiger partial charge on any atom is -0.358 e. The summed E-state index contributed by atoms with van der Waals surface area (Å²) in [7, 11) is 1.62. The molecule has 0 heterocycles. The number of hydrogen-bond donors (Lipinski definition) is 2. The molecule has 1 saturated carbocycles. The molecule has 92 valence electrons. The largest absolute Gasteiger partial charge is 0.358 e. The number of nitrogens with one attached hydrogen (secondary N) is 2. The minimum absolute atomic E-state index is 0.0145. The highest BCUT2D eigenvalue weighted by Gasteiger charge is 2.31. The maximum Gasteiger partial charge on any atom is 0.233 e. The van der Waals surface area contributed by atoms with Crippen LogP contribution in [0, 0.1) is 5.82 Å². The van der Waals surface area contributed by atoms with Crippen LogP contribution < -0.4 is 10.6 Å². The summed E-state index contributed by atoms with van der Waals surface area (Å²) in [6, 6.07) is 7.25. The van der Waals surface area contributed by atoms with E-state index >= 15 is 0 Å². The number of amides is 1. The van der Waals surface area contributed by atoms with Gasteiger partial charge in [0.2, 0.25) is 5.91 Å². The highest BCUT2D eigenvalue weighted by atomic mass is 19.1. The Morgan fingerprint density at radius 2 is 2.12 bits per heavy atom. The number of benzene rings is 1. The van der Waals surface area contributed by atoms with Gasteiger partial charge in [-0.25, -0.2) is 4.39 Å². The monoisotopic (exact) mass is 236 g/mol. The molecule has 1 aliphatic rings. The molecule has 0 saturated heterocycles. The van der Waals surface area contributed by atoms with Gasteiger partial charge in [-0.2, -0.15) is 0 Å². The normalized spacial score (nSPS) is 22.9. The molecule has 0 bridgehead atoms. The number of halogens is 1. The number of carbonyl (C=O) groups is 1. The van der Waals surface area contributed by atoms with Crippen molar-refractivity contribution in [3.8, 4) is 0 Å². The molecule has 1 aromatic rings. The van der Waals surface area contributed by atoms with Gasteiger partial charge in [0.1, 0.15) is 5.82 Å². The van der Waals surface area contributed by atoms with Gasteiger partial charge in [0.05, 0.1) is 6.54 Å². The van der Waals surface area contributed by atoms with Crippen LogP contribution in [0.25, 0.3) is 0 Å². The lowest BCUT2D eigenvalue weighted by Gasteiger charge is -2.36. The number of hydrogen-bond acceptors (Lipinski definition) is 2. The van der Waals surface area contributed by atoms with E-state index in [1.54, 1.807) is 13.1 Å². The third-order valence-electron chi connectivity index (χ3n) is 3.31. The van der Waals surface area contributed by atoms with E-state index in [1.165, 1.54) is 6.07 Å². The van der Waals surface area contributed by atoms with Crippen LogP contribution in [-0.4, -0.2) is 25.5 Å². The van der Waals surface area contributed by atoms with Crippen LogP contribution in [0.15, 0.2) is 24.3 Å². The van der Waals surface area contributed by atoms with E-state index in [1.807, 2.05) is 12.1 Å². The van der Waals surface area contributed by atoms with E-state index < -0.39 is 0 Å². The maximum atomic E-state index is 13.5. The van der Waals surface area contributed by atoms with E-state index in [0.29, 0.717) is 18.5 Å². The van der Waals surface area contributed by atoms with Gasteiger partial charge in [0, 0.05) is 13.1 Å². The Bertz CT molecular complexity index is 402. The Labute approximate surface area is 100 Å². The highest BCUT2D eigenvalue weighted by Crippen LogP contribution is 2.37. The molecular formula is C13H17FN2O. The Kier molecular flexibility index (Phi) is 3.74. The van der Waals surface area contributed by atoms with Gasteiger partial charge in [-0.15, -0.1) is 0 Å². The van der Waals surface area contributed by atoms with Gasteiger partial charge < -0.3 is 10.6 Å². The Balaban J connectivity index is 1.79. The van der Waals surface area contributed by atoms with Crippen LogP contribution in [0.1, 0.15) is 24.3 Å². The lowest BCUT2D eigenvalue weighted by molar-refractivity contribution is -0.120. The topological polar surface area (TPSA) is 41.1 Å². The van der Waals surface area contributed by atoms with Crippen molar-refractivity contribution in [2.75, 3.05) is 13.6 Å². The minimum atomic E-state index is -0.123. The molecule has 0 atom stereocenters. The van der Waals surface area contributed by atoms with Crippen LogP contribution in [0.2, 0.25) is 0 Å². The van der Waals surface area contributed by atoms with Crippen LogP contribution in [-0.2, 0) is 4.79 Å². The summed E-state index contributed by atoms with van der Waals surface area (Å²) in [5, 5.41) is 5.71. The molecule has 1 amide bonds. The van der Waals surface area contributed by atoms with Crippen LogP contribution in [0.3, 0.4) is 0 Å². The van der Waals surface area contributed by atoms with E-state index in [-0.39, 0.29) is 11.7 Å². The first kappa shape index (κ1) is 12.0. The van der Waals surface area contributed by atoms with Crippen LogP contribution in [0.5, 0.6) is 0 Å². The van der Waals surface area contributed by atoms with Crippen molar-refractivity contribution in [2.45, 2.75) is 24.8 Å². The maximum absolute atomic E-state index is 13.5. The Morgan fingerprint density at radius 1 is 1.41 bits per heavy atom. The van der Waals surface area contributed by atoms with Gasteiger partial charge in [-0.1, -0.05) is 18.2 Å². The molecule has 2 rings (SSSR count). The third-order valence-corrected chi connectivity index (χ3v) is 3.31. The molecule has 0 radical (unpaired) electrons. The molecule has 2 N–H and O–H groups in total. The molecule has 4 heteroatoms. The second kappa shape index (κ2) is 5.27. The number of likely N-dealkylation sites (N-methyl/N-ethyl adjacent to an activating group) is 1. The first-order chi connectivity index (χ1) is 8.20. The molecule has 3 nitrogen and oxygen atoms in total. The van der Waals surface area contributed by atoms with Crippen molar-refractivity contribution in [1.82, 2.24) is 10.6 Å². The van der Waals surface area contributed by atoms with Gasteiger partial charge >= 0.3 is 0 Å². The average Bonchev–Trinajstić information content (AvgIpc) is 2.28. The predicted molar refractivity (Wildman–Crippen MR) is 64.2 cm³/mol. The number of rotatable bonds is 4. The first-order valence-corrected chi connectivity index (χ1v) is 5.89. The molecule has 0 aliphatic heterocycles. The fraction of sp³-hybridized carbons (Fsp3) is 0.462. The van der Waals surface area contributed by atoms with Crippen LogP contribution >= 0.6 is 0 Å². The zero-order chi connectivity index (χ0) is 12.3. The SMILES string of the molecule is CNC(=O)CNC1CC(c2ccccc2F)C1. The summed E-state index contributed by atoms with van der Waals surface area (Å²) in [5.41, 5.74) is 0.797. The molecule has 1 aromatic carbocycles. The molecular weight excluding hydrogens is 219 g/mol. The summed E-state index contributed by atoms with van der Waals surface area (Å²) in [6.45, 7) is 0.338. The fourth-order valence-electron chi connectivity index (χ4n) is 2.17. The Hall–Kier alpha value is -1.42. The second-order valence-electron chi connectivity index (χ2n) is 4.44. The van der Waals surface area contributed by atoms with Gasteiger partial charge in [0.25, 0.3) is 0 Å². The lowest BCUT2D eigenvalue weighted by Crippen LogP contribution is -2.44. The molecule has 0 aromatic heterocycles. The van der Waals surface area contributed by atoms with E-state index in [4.69, 9.17) is 0 Å². The summed E-state index contributed by atoms with van der Waals surface area (Å²) in [6.07, 6.45) is 1.80. The standard InChI is InChI=1S/C13H17FN2O/c1-15-13(17)8-16-10-6-9(7-10)11-4-2-3-5-12(11)14/h2-5,9-10,16H,6-8H2,1H3,(H,15,17). The van der Waals surface area contributed by atoms with Crippen molar-refractivity contribution < 1.29 is 9.18 Å². The van der Waals surface area contributed by atoms with Gasteiger partial charge in [0.15, 0.2) is 0 Å². The summed E-state index contributed by atoms with van der Waals surface area (Å²) in [5.74, 6) is 0.153. The fourth-order valence-corrected chi connectivity index (χ4v) is 2.17. The van der Waals surface area contributed by atoms with Crippen molar-refractivity contribution in [3.05, 3.63) is 35.6 Å². The van der Waals surface area contributed by atoms with Crippen LogP contribution in [0.4, 0.5) is 4.39 Å². The number of carbonyl (C=O) groups excluding carboxylic acids is 1. The lowest BCUT2D eigenvalue weighted by atomic mass is 9.75. The summed E-state index contributed by atoms with van der Waals surface area (Å²) < 4.78 is 13.5. The zero-order valence-corrected chi connectivity index (χ0v) is 9.87. The molecule has 1 aliphatic carbocycles. The van der Waals surface area contributed by atoms with Crippen molar-refractivity contribution in [3.63, 3.8) is 0 Å². The smallest absolute Gasteiger partial charge is 0.233 e. The van der Waals surface area contributed by atoms with Crippen molar-refractivity contribution in [1.29, 1.82) is 0 Å². The van der Waals surface area contributed by atoms with E-state index in [2.05, 4.69) is 10.6 Å². The quantitative estimate of drug-likeness (QED) is 0.830. The van der Waals surface area contributed by atoms with Crippen molar-refractivity contribution >= 4 is 5.91 Å². The zero-order valence-electron chi connectivity index (χ0n) is 9.87. The van der Waals surface area contributed by atoms with Gasteiger partial charge in [-0.05, 0) is 30.4 Å². The molecule has 0 spiro atoms. The van der Waals surface area contributed by atoms with E-state index in [9.17, 15) is 9.18 Å². The molecule has 0 unspecified atom stereocenters. The highest BCUT2D eigenvalue weighted by molar-refractivity contribution is 5.77. The summed E-state index contributed by atoms with van der Waals surface area (Å²) in [4.78, 5) is 11.0. The first-order valence-electron chi connectivity index (χ1n) is 5.89. The third kappa shape index (κ3) is 2.82. The average molecular weight is 236 g/mol.